The molecule has 5 nitrogen and oxygen atoms in total. The van der Waals surface area contributed by atoms with Crippen LogP contribution in [0.15, 0.2) is 24.3 Å². The number of nitrogens with zero attached hydrogens (tertiary/aromatic N) is 2. The third-order valence-corrected chi connectivity index (χ3v) is 4.26. The van der Waals surface area contributed by atoms with E-state index in [1.54, 1.807) is 0 Å². The fraction of sp³-hybridized carbons (Fsp3) is 0.579. The summed E-state index contributed by atoms with van der Waals surface area (Å²) in [6, 6.07) is 8.31. The van der Waals surface area contributed by atoms with E-state index in [-0.39, 0.29) is 11.9 Å². The summed E-state index contributed by atoms with van der Waals surface area (Å²) < 4.78 is 2.21. The molecule has 3 N–H and O–H groups in total. The monoisotopic (exact) mass is 330 g/mol. The summed E-state index contributed by atoms with van der Waals surface area (Å²) in [7, 11) is 0. The lowest BCUT2D eigenvalue weighted by Crippen LogP contribution is -2.28. The molecule has 0 radical (unpaired) electrons. The summed E-state index contributed by atoms with van der Waals surface area (Å²) in [5.41, 5.74) is 7.57. The molecule has 1 aromatic heterocycles. The topological polar surface area (TPSA) is 72.9 Å². The van der Waals surface area contributed by atoms with Crippen molar-refractivity contribution in [2.24, 2.45) is 5.73 Å². The molecule has 1 atom stereocenters. The molecule has 24 heavy (non-hydrogen) atoms. The number of amides is 1. The van der Waals surface area contributed by atoms with Crippen LogP contribution in [0.3, 0.4) is 0 Å². The minimum atomic E-state index is -0.101. The van der Waals surface area contributed by atoms with Crippen LogP contribution in [0.2, 0.25) is 0 Å². The van der Waals surface area contributed by atoms with Crippen molar-refractivity contribution in [3.8, 4) is 0 Å². The first kappa shape index (κ1) is 18.5. The Morgan fingerprint density at radius 3 is 2.58 bits per heavy atom. The molecule has 5 heteroatoms. The zero-order valence-corrected chi connectivity index (χ0v) is 15.1. The van der Waals surface area contributed by atoms with Gasteiger partial charge in [0.25, 0.3) is 0 Å². The SMILES string of the molecule is CC(NC(=O)CCCCCCN)c1nc2ccccc2n1C(C)C. The van der Waals surface area contributed by atoms with Gasteiger partial charge in [0.05, 0.1) is 17.1 Å². The number of unbranched alkanes of at least 4 members (excludes halogenated alkanes) is 3. The van der Waals surface area contributed by atoms with E-state index >= 15 is 0 Å². The molecule has 0 bridgehead atoms. The highest BCUT2D eigenvalue weighted by atomic mass is 16.1. The molecule has 1 unspecified atom stereocenters. The van der Waals surface area contributed by atoms with Gasteiger partial charge in [-0.15, -0.1) is 0 Å². The number of fused-ring (bicyclic) bond motifs is 1. The number of rotatable bonds is 9. The molecule has 0 aliphatic carbocycles. The zero-order valence-electron chi connectivity index (χ0n) is 15.1. The maximum absolute atomic E-state index is 12.2. The van der Waals surface area contributed by atoms with Crippen LogP contribution >= 0.6 is 0 Å². The Bertz CT molecular complexity index is 662. The third-order valence-electron chi connectivity index (χ3n) is 4.26. The number of hydrogen-bond acceptors (Lipinski definition) is 3. The lowest BCUT2D eigenvalue weighted by molar-refractivity contribution is -0.121. The number of nitrogens with one attached hydrogen (secondary N) is 1. The van der Waals surface area contributed by atoms with Crippen LogP contribution in [-0.2, 0) is 4.79 Å². The van der Waals surface area contributed by atoms with Gasteiger partial charge >= 0.3 is 0 Å². The van der Waals surface area contributed by atoms with E-state index < -0.39 is 0 Å². The largest absolute Gasteiger partial charge is 0.346 e. The van der Waals surface area contributed by atoms with Crippen molar-refractivity contribution in [2.45, 2.75) is 65.0 Å². The van der Waals surface area contributed by atoms with Gasteiger partial charge in [-0.1, -0.05) is 25.0 Å². The summed E-state index contributed by atoms with van der Waals surface area (Å²) in [4.78, 5) is 16.9. The van der Waals surface area contributed by atoms with Crippen LogP contribution in [0.5, 0.6) is 0 Å². The molecule has 1 heterocycles. The van der Waals surface area contributed by atoms with Gasteiger partial charge in [0.15, 0.2) is 0 Å². The Hall–Kier alpha value is -1.88. The third kappa shape index (κ3) is 4.57. The zero-order chi connectivity index (χ0) is 17.5. The summed E-state index contributed by atoms with van der Waals surface area (Å²) in [5, 5.41) is 3.10. The molecule has 1 amide bonds. The van der Waals surface area contributed by atoms with Crippen LogP contribution < -0.4 is 11.1 Å². The molecule has 132 valence electrons. The predicted molar refractivity (Wildman–Crippen MR) is 98.8 cm³/mol. The Balaban J connectivity index is 2.01. The van der Waals surface area contributed by atoms with Gasteiger partial charge in [0, 0.05) is 12.5 Å². The van der Waals surface area contributed by atoms with Crippen LogP contribution in [0.4, 0.5) is 0 Å². The van der Waals surface area contributed by atoms with Gasteiger partial charge in [-0.2, -0.15) is 0 Å². The van der Waals surface area contributed by atoms with Crippen LogP contribution in [0.25, 0.3) is 11.0 Å². The van der Waals surface area contributed by atoms with Gasteiger partial charge in [0.1, 0.15) is 5.82 Å². The summed E-state index contributed by atoms with van der Waals surface area (Å²) in [6.07, 6.45) is 4.68. The number of carbonyl (C=O) groups excluding carboxylic acids is 1. The molecule has 2 aromatic rings. The second-order valence-corrected chi connectivity index (χ2v) is 6.66. The molecule has 0 aliphatic heterocycles. The van der Waals surface area contributed by atoms with Gasteiger partial charge < -0.3 is 15.6 Å². The van der Waals surface area contributed by atoms with E-state index in [9.17, 15) is 4.79 Å². The van der Waals surface area contributed by atoms with Crippen molar-refractivity contribution < 1.29 is 4.79 Å². The van der Waals surface area contributed by atoms with Crippen molar-refractivity contribution in [1.82, 2.24) is 14.9 Å². The van der Waals surface area contributed by atoms with Crippen molar-refractivity contribution in [3.63, 3.8) is 0 Å². The van der Waals surface area contributed by atoms with E-state index in [2.05, 4.69) is 29.8 Å². The van der Waals surface area contributed by atoms with Crippen LogP contribution in [0.1, 0.15) is 70.8 Å². The Morgan fingerprint density at radius 1 is 1.17 bits per heavy atom. The number of nitrogens with two attached hydrogens (primary N) is 1. The minimum Gasteiger partial charge on any atom is -0.346 e. The highest BCUT2D eigenvalue weighted by molar-refractivity contribution is 5.78. The number of aromatic nitrogens is 2. The maximum Gasteiger partial charge on any atom is 0.220 e. The molecular weight excluding hydrogens is 300 g/mol. The summed E-state index contributed by atoms with van der Waals surface area (Å²) in [5.74, 6) is 1.01. The Kier molecular flexibility index (Phi) is 6.79. The smallest absolute Gasteiger partial charge is 0.220 e. The van der Waals surface area contributed by atoms with Crippen molar-refractivity contribution in [1.29, 1.82) is 0 Å². The number of carbonyl (C=O) groups is 1. The standard InChI is InChI=1S/C19H30N4O/c1-14(2)23-17-11-8-7-10-16(17)22-19(23)15(3)21-18(24)12-6-4-5-9-13-20/h7-8,10-11,14-15H,4-6,9,12-13,20H2,1-3H3,(H,21,24). The first-order chi connectivity index (χ1) is 11.5. The lowest BCUT2D eigenvalue weighted by Gasteiger charge is -2.18. The Morgan fingerprint density at radius 2 is 1.88 bits per heavy atom. The van der Waals surface area contributed by atoms with Gasteiger partial charge in [-0.3, -0.25) is 4.79 Å². The number of benzene rings is 1. The van der Waals surface area contributed by atoms with Gasteiger partial charge in [0.2, 0.25) is 5.91 Å². The minimum absolute atomic E-state index is 0.0950. The van der Waals surface area contributed by atoms with Crippen molar-refractivity contribution in [3.05, 3.63) is 30.1 Å². The number of para-hydroxylation sites is 2. The number of hydrogen-bond donors (Lipinski definition) is 2. The molecule has 0 saturated heterocycles. The average molecular weight is 330 g/mol. The summed E-state index contributed by atoms with van der Waals surface area (Å²) >= 11 is 0. The molecule has 0 saturated carbocycles. The number of imidazole rings is 1. The highest BCUT2D eigenvalue weighted by Gasteiger charge is 2.19. The molecule has 1 aromatic carbocycles. The van der Waals surface area contributed by atoms with Crippen LogP contribution in [-0.4, -0.2) is 22.0 Å². The van der Waals surface area contributed by atoms with Crippen molar-refractivity contribution in [2.75, 3.05) is 6.54 Å². The van der Waals surface area contributed by atoms with E-state index in [0.29, 0.717) is 12.5 Å². The fourth-order valence-electron chi connectivity index (χ4n) is 3.07. The van der Waals surface area contributed by atoms with Crippen LogP contribution in [0, 0.1) is 0 Å². The second kappa shape index (κ2) is 8.83. The molecule has 2 rings (SSSR count). The average Bonchev–Trinajstić information content (AvgIpc) is 2.94. The highest BCUT2D eigenvalue weighted by Crippen LogP contribution is 2.24. The predicted octanol–water partition coefficient (Wildman–Crippen LogP) is 3.70. The van der Waals surface area contributed by atoms with Crippen molar-refractivity contribution >= 4 is 16.9 Å². The normalized spacial score (nSPS) is 12.7. The van der Waals surface area contributed by atoms with Gasteiger partial charge in [-0.05, 0) is 52.3 Å². The fourth-order valence-corrected chi connectivity index (χ4v) is 3.07. The second-order valence-electron chi connectivity index (χ2n) is 6.66. The first-order valence-corrected chi connectivity index (χ1v) is 9.01. The summed E-state index contributed by atoms with van der Waals surface area (Å²) in [6.45, 7) is 7.02. The molecular formula is C19H30N4O. The van der Waals surface area contributed by atoms with E-state index in [1.807, 2.05) is 25.1 Å². The molecule has 0 aliphatic rings. The van der Waals surface area contributed by atoms with Gasteiger partial charge in [-0.25, -0.2) is 4.98 Å². The lowest BCUT2D eigenvalue weighted by atomic mass is 10.1. The molecule has 0 spiro atoms. The quantitative estimate of drug-likeness (QED) is 0.689. The first-order valence-electron chi connectivity index (χ1n) is 9.01. The Labute approximate surface area is 144 Å². The van der Waals surface area contributed by atoms with E-state index in [0.717, 1.165) is 49.1 Å². The maximum atomic E-state index is 12.2. The molecule has 0 fully saturated rings. The van der Waals surface area contributed by atoms with E-state index in [4.69, 9.17) is 10.7 Å². The van der Waals surface area contributed by atoms with E-state index in [1.165, 1.54) is 0 Å².